The number of para-hydroxylation sites is 1. The summed E-state index contributed by atoms with van der Waals surface area (Å²) >= 11 is 5.31. The van der Waals surface area contributed by atoms with Crippen LogP contribution in [0.2, 0.25) is 0 Å². The van der Waals surface area contributed by atoms with E-state index in [0.717, 1.165) is 13.1 Å². The van der Waals surface area contributed by atoms with Gasteiger partial charge < -0.3 is 19.9 Å². The van der Waals surface area contributed by atoms with Crippen molar-refractivity contribution in [1.82, 2.24) is 15.1 Å². The lowest BCUT2D eigenvalue weighted by Crippen LogP contribution is -2.47. The van der Waals surface area contributed by atoms with Crippen LogP contribution < -0.4 is 15.4 Å². The molecule has 0 bridgehead atoms. The average molecular weight is 427 g/mol. The Morgan fingerprint density at radius 1 is 1.07 bits per heavy atom. The summed E-state index contributed by atoms with van der Waals surface area (Å²) in [5.74, 6) is 0.216. The number of piperazine rings is 1. The van der Waals surface area contributed by atoms with E-state index in [1.165, 1.54) is 0 Å². The fourth-order valence-corrected chi connectivity index (χ4v) is 3.38. The summed E-state index contributed by atoms with van der Waals surface area (Å²) in [6, 6.07) is 14.1. The smallest absolute Gasteiger partial charge is 0.257 e. The van der Waals surface area contributed by atoms with Gasteiger partial charge in [-0.25, -0.2) is 0 Å². The van der Waals surface area contributed by atoms with Crippen LogP contribution >= 0.6 is 12.2 Å². The highest BCUT2D eigenvalue weighted by Crippen LogP contribution is 2.19. The van der Waals surface area contributed by atoms with Gasteiger partial charge in [-0.3, -0.25) is 14.9 Å². The first-order valence-electron chi connectivity index (χ1n) is 9.90. The van der Waals surface area contributed by atoms with Gasteiger partial charge >= 0.3 is 0 Å². The number of anilines is 1. The maximum Gasteiger partial charge on any atom is 0.257 e. The number of nitrogens with one attached hydrogen (secondary N) is 2. The van der Waals surface area contributed by atoms with Crippen LogP contribution in [0.15, 0.2) is 48.5 Å². The Balaban J connectivity index is 1.66. The van der Waals surface area contributed by atoms with Crippen LogP contribution in [0.5, 0.6) is 5.75 Å². The highest BCUT2D eigenvalue weighted by molar-refractivity contribution is 7.80. The van der Waals surface area contributed by atoms with E-state index in [2.05, 4.69) is 15.5 Å². The van der Waals surface area contributed by atoms with Crippen LogP contribution in [0.25, 0.3) is 0 Å². The summed E-state index contributed by atoms with van der Waals surface area (Å²) in [5.41, 5.74) is 1.53. The molecule has 2 aromatic rings. The molecule has 7 nitrogen and oxygen atoms in total. The van der Waals surface area contributed by atoms with Gasteiger partial charge in [0.15, 0.2) is 5.11 Å². The monoisotopic (exact) mass is 426 g/mol. The van der Waals surface area contributed by atoms with Gasteiger partial charge in [-0.2, -0.15) is 0 Å². The number of hydrogen-bond donors (Lipinski definition) is 2. The van der Waals surface area contributed by atoms with Gasteiger partial charge in [0.05, 0.1) is 17.9 Å². The number of nitrogens with zero attached hydrogens (tertiary/aromatic N) is 2. The van der Waals surface area contributed by atoms with Crippen LogP contribution in [0.3, 0.4) is 0 Å². The van der Waals surface area contributed by atoms with Crippen molar-refractivity contribution >= 4 is 34.8 Å². The van der Waals surface area contributed by atoms with E-state index in [0.29, 0.717) is 42.3 Å². The Morgan fingerprint density at radius 2 is 1.80 bits per heavy atom. The van der Waals surface area contributed by atoms with Crippen molar-refractivity contribution in [3.05, 3.63) is 59.7 Å². The zero-order valence-corrected chi connectivity index (χ0v) is 18.0. The van der Waals surface area contributed by atoms with Crippen LogP contribution in [0, 0.1) is 0 Å². The van der Waals surface area contributed by atoms with Crippen molar-refractivity contribution in [3.63, 3.8) is 0 Å². The molecule has 2 aromatic carbocycles. The number of hydrogen-bond acceptors (Lipinski definition) is 5. The number of carbonyl (C=O) groups is 2. The van der Waals surface area contributed by atoms with Crippen molar-refractivity contribution in [2.24, 2.45) is 0 Å². The molecular weight excluding hydrogens is 400 g/mol. The summed E-state index contributed by atoms with van der Waals surface area (Å²) in [6.45, 7) is 5.45. The molecule has 1 heterocycles. The molecule has 1 aliphatic heterocycles. The average Bonchev–Trinajstić information content (AvgIpc) is 2.74. The zero-order chi connectivity index (χ0) is 21.5. The molecule has 0 unspecified atom stereocenters. The molecule has 2 amide bonds. The summed E-state index contributed by atoms with van der Waals surface area (Å²) in [7, 11) is 2.04. The van der Waals surface area contributed by atoms with Crippen LogP contribution in [-0.2, 0) is 0 Å². The SMILES string of the molecule is CCOc1cccc(C(=O)NC(=S)Nc2ccccc2C(=O)N2CCN(C)CC2)c1. The fraction of sp³-hybridized carbons (Fsp3) is 0.318. The van der Waals surface area contributed by atoms with E-state index < -0.39 is 0 Å². The number of ether oxygens (including phenoxy) is 1. The topological polar surface area (TPSA) is 73.9 Å². The van der Waals surface area contributed by atoms with E-state index in [1.807, 2.05) is 31.0 Å². The normalized spacial score (nSPS) is 14.1. The van der Waals surface area contributed by atoms with E-state index in [1.54, 1.807) is 36.4 Å². The largest absolute Gasteiger partial charge is 0.494 e. The molecule has 0 radical (unpaired) electrons. The minimum absolute atomic E-state index is 0.0512. The number of carbonyl (C=O) groups excluding carboxylic acids is 2. The second-order valence-electron chi connectivity index (χ2n) is 7.01. The predicted octanol–water partition coefficient (Wildman–Crippen LogP) is 2.60. The summed E-state index contributed by atoms with van der Waals surface area (Å²) in [6.07, 6.45) is 0. The Hall–Kier alpha value is -2.97. The van der Waals surface area contributed by atoms with Gasteiger partial charge in [0.2, 0.25) is 0 Å². The molecule has 0 aromatic heterocycles. The molecule has 30 heavy (non-hydrogen) atoms. The number of likely N-dealkylation sites (N-methyl/N-ethyl adjacent to an activating group) is 1. The summed E-state index contributed by atoms with van der Waals surface area (Å²) in [5, 5.41) is 5.78. The molecule has 3 rings (SSSR count). The van der Waals surface area contributed by atoms with Crippen LogP contribution in [-0.4, -0.2) is 66.6 Å². The fourth-order valence-electron chi connectivity index (χ4n) is 3.18. The van der Waals surface area contributed by atoms with Gasteiger partial charge in [-0.1, -0.05) is 18.2 Å². The minimum atomic E-state index is -0.350. The molecule has 1 fully saturated rings. The van der Waals surface area contributed by atoms with E-state index in [9.17, 15) is 9.59 Å². The Bertz CT molecular complexity index is 926. The first-order chi connectivity index (χ1) is 14.5. The van der Waals surface area contributed by atoms with Crippen LogP contribution in [0.1, 0.15) is 27.6 Å². The number of rotatable bonds is 5. The lowest BCUT2D eigenvalue weighted by molar-refractivity contribution is 0.0665. The molecule has 8 heteroatoms. The lowest BCUT2D eigenvalue weighted by Gasteiger charge is -2.32. The Morgan fingerprint density at radius 3 is 2.53 bits per heavy atom. The van der Waals surface area contributed by atoms with Crippen LogP contribution in [0.4, 0.5) is 5.69 Å². The molecule has 2 N–H and O–H groups in total. The molecular formula is C22H26N4O3S. The molecule has 0 saturated carbocycles. The quantitative estimate of drug-likeness (QED) is 0.716. The highest BCUT2D eigenvalue weighted by Gasteiger charge is 2.22. The number of benzene rings is 2. The second-order valence-corrected chi connectivity index (χ2v) is 7.42. The van der Waals surface area contributed by atoms with E-state index in [4.69, 9.17) is 17.0 Å². The lowest BCUT2D eigenvalue weighted by atomic mass is 10.1. The maximum atomic E-state index is 13.0. The molecule has 0 aliphatic carbocycles. The third-order valence-electron chi connectivity index (χ3n) is 4.83. The zero-order valence-electron chi connectivity index (χ0n) is 17.2. The standard InChI is InChI=1S/C22H26N4O3S/c1-3-29-17-8-6-7-16(15-17)20(27)24-22(30)23-19-10-5-4-9-18(19)21(28)26-13-11-25(2)12-14-26/h4-10,15H,3,11-14H2,1-2H3,(H2,23,24,27,30). The van der Waals surface area contributed by atoms with Crippen molar-refractivity contribution in [3.8, 4) is 5.75 Å². The maximum absolute atomic E-state index is 13.0. The van der Waals surface area contributed by atoms with Gasteiger partial charge in [-0.15, -0.1) is 0 Å². The van der Waals surface area contributed by atoms with Gasteiger partial charge in [0.1, 0.15) is 5.75 Å². The third kappa shape index (κ3) is 5.55. The molecule has 158 valence electrons. The summed E-state index contributed by atoms with van der Waals surface area (Å²) in [4.78, 5) is 29.5. The van der Waals surface area contributed by atoms with E-state index in [-0.39, 0.29) is 16.9 Å². The van der Waals surface area contributed by atoms with Gasteiger partial charge in [-0.05, 0) is 56.5 Å². The van der Waals surface area contributed by atoms with E-state index >= 15 is 0 Å². The summed E-state index contributed by atoms with van der Waals surface area (Å²) < 4.78 is 5.43. The number of amides is 2. The Labute approximate surface area is 182 Å². The predicted molar refractivity (Wildman–Crippen MR) is 121 cm³/mol. The van der Waals surface area contributed by atoms with Crippen molar-refractivity contribution < 1.29 is 14.3 Å². The van der Waals surface area contributed by atoms with Gasteiger partial charge in [0, 0.05) is 31.7 Å². The highest BCUT2D eigenvalue weighted by atomic mass is 32.1. The third-order valence-corrected chi connectivity index (χ3v) is 5.03. The van der Waals surface area contributed by atoms with Crippen molar-refractivity contribution in [2.45, 2.75) is 6.92 Å². The molecule has 1 saturated heterocycles. The first-order valence-corrected chi connectivity index (χ1v) is 10.3. The molecule has 0 atom stereocenters. The minimum Gasteiger partial charge on any atom is -0.494 e. The molecule has 0 spiro atoms. The number of thiocarbonyl (C=S) groups is 1. The Kier molecular flexibility index (Phi) is 7.37. The van der Waals surface area contributed by atoms with Gasteiger partial charge in [0.25, 0.3) is 11.8 Å². The van der Waals surface area contributed by atoms with Crippen molar-refractivity contribution in [1.29, 1.82) is 0 Å². The second kappa shape index (κ2) is 10.2. The molecule has 1 aliphatic rings. The first kappa shape index (κ1) is 21.7. The van der Waals surface area contributed by atoms with Crippen molar-refractivity contribution in [2.75, 3.05) is 45.2 Å².